The van der Waals surface area contributed by atoms with Gasteiger partial charge in [-0.1, -0.05) is 0 Å². The number of hydrogen-bond donors (Lipinski definition) is 2. The van der Waals surface area contributed by atoms with E-state index >= 15 is 0 Å². The number of amides is 1. The molecule has 98 valence electrons. The standard InChI is InChI=1S/C11H10F3NO3/c1-5(16)15-11(2,10(17)18)6-3-7(12)9(14)8(13)4-6/h3-4H,1-2H3,(H,15,16)(H,17,18)/t11-/m1/s1. The van der Waals surface area contributed by atoms with Crippen molar-refractivity contribution in [2.75, 3.05) is 0 Å². The molecule has 1 aromatic rings. The van der Waals surface area contributed by atoms with Gasteiger partial charge in [0.2, 0.25) is 5.91 Å². The van der Waals surface area contributed by atoms with E-state index in [9.17, 15) is 22.8 Å². The fourth-order valence-electron chi connectivity index (χ4n) is 1.45. The van der Waals surface area contributed by atoms with Crippen molar-refractivity contribution < 1.29 is 27.9 Å². The van der Waals surface area contributed by atoms with Crippen LogP contribution in [0.2, 0.25) is 0 Å². The first-order chi connectivity index (χ1) is 8.18. The molecule has 7 heteroatoms. The molecule has 4 nitrogen and oxygen atoms in total. The van der Waals surface area contributed by atoms with E-state index in [1.165, 1.54) is 0 Å². The molecule has 0 aromatic heterocycles. The zero-order valence-corrected chi connectivity index (χ0v) is 9.55. The van der Waals surface area contributed by atoms with Gasteiger partial charge in [-0.2, -0.15) is 0 Å². The van der Waals surface area contributed by atoms with Crippen molar-refractivity contribution in [1.29, 1.82) is 0 Å². The highest BCUT2D eigenvalue weighted by molar-refractivity contribution is 5.86. The number of rotatable bonds is 3. The number of carbonyl (C=O) groups is 2. The monoisotopic (exact) mass is 261 g/mol. The van der Waals surface area contributed by atoms with Crippen molar-refractivity contribution in [2.45, 2.75) is 19.4 Å². The summed E-state index contributed by atoms with van der Waals surface area (Å²) in [6.45, 7) is 2.10. The van der Waals surface area contributed by atoms with Gasteiger partial charge in [-0.3, -0.25) is 4.79 Å². The van der Waals surface area contributed by atoms with Crippen LogP contribution in [-0.4, -0.2) is 17.0 Å². The minimum atomic E-state index is -2.04. The predicted molar refractivity (Wildman–Crippen MR) is 55.1 cm³/mol. The molecule has 0 heterocycles. The Bertz CT molecular complexity index is 495. The fraction of sp³-hybridized carbons (Fsp3) is 0.273. The van der Waals surface area contributed by atoms with Gasteiger partial charge >= 0.3 is 5.97 Å². The highest BCUT2D eigenvalue weighted by Gasteiger charge is 2.37. The van der Waals surface area contributed by atoms with Crippen LogP contribution in [0.3, 0.4) is 0 Å². The SMILES string of the molecule is CC(=O)N[C@@](C)(C(=O)O)c1cc(F)c(F)c(F)c1. The number of hydrogen-bond acceptors (Lipinski definition) is 2. The molecule has 0 spiro atoms. The molecular formula is C11H10F3NO3. The highest BCUT2D eigenvalue weighted by atomic mass is 19.2. The first-order valence-electron chi connectivity index (χ1n) is 4.85. The molecule has 0 aliphatic rings. The molecule has 0 saturated heterocycles. The summed E-state index contributed by atoms with van der Waals surface area (Å²) in [5.41, 5.74) is -2.44. The number of carbonyl (C=O) groups excluding carboxylic acids is 1. The molecule has 2 N–H and O–H groups in total. The largest absolute Gasteiger partial charge is 0.479 e. The van der Waals surface area contributed by atoms with Crippen LogP contribution in [-0.2, 0) is 15.1 Å². The molecule has 0 aliphatic carbocycles. The van der Waals surface area contributed by atoms with E-state index in [1.54, 1.807) is 0 Å². The molecule has 18 heavy (non-hydrogen) atoms. The number of halogens is 3. The van der Waals surface area contributed by atoms with E-state index < -0.39 is 40.4 Å². The fourth-order valence-corrected chi connectivity index (χ4v) is 1.45. The van der Waals surface area contributed by atoms with Gasteiger partial charge in [0.25, 0.3) is 0 Å². The lowest BCUT2D eigenvalue weighted by Gasteiger charge is -2.26. The van der Waals surface area contributed by atoms with Crippen molar-refractivity contribution in [3.05, 3.63) is 35.1 Å². The lowest BCUT2D eigenvalue weighted by atomic mass is 9.91. The number of nitrogens with one attached hydrogen (secondary N) is 1. The molecule has 0 saturated carbocycles. The molecule has 0 fully saturated rings. The summed E-state index contributed by atoms with van der Waals surface area (Å²) in [4.78, 5) is 22.0. The summed E-state index contributed by atoms with van der Waals surface area (Å²) in [5, 5.41) is 11.1. The normalized spacial score (nSPS) is 13.8. The molecule has 0 radical (unpaired) electrons. The molecular weight excluding hydrogens is 251 g/mol. The Labute approximate surface area is 100 Å². The Kier molecular flexibility index (Phi) is 3.64. The molecule has 0 aliphatic heterocycles. The third kappa shape index (κ3) is 2.44. The van der Waals surface area contributed by atoms with Crippen LogP contribution in [0.15, 0.2) is 12.1 Å². The minimum absolute atomic E-state index is 0.401. The van der Waals surface area contributed by atoms with Crippen LogP contribution in [0.1, 0.15) is 19.4 Å². The van der Waals surface area contributed by atoms with Gasteiger partial charge in [0.15, 0.2) is 23.0 Å². The summed E-state index contributed by atoms with van der Waals surface area (Å²) in [5.74, 6) is -6.98. The van der Waals surface area contributed by atoms with Crippen molar-refractivity contribution in [1.82, 2.24) is 5.32 Å². The summed E-state index contributed by atoms with van der Waals surface area (Å²) in [6.07, 6.45) is 0. The second kappa shape index (κ2) is 4.67. The van der Waals surface area contributed by atoms with Crippen LogP contribution >= 0.6 is 0 Å². The van der Waals surface area contributed by atoms with Crippen molar-refractivity contribution in [2.24, 2.45) is 0 Å². The summed E-state index contributed by atoms with van der Waals surface area (Å²) in [7, 11) is 0. The average molecular weight is 261 g/mol. The second-order valence-corrected chi connectivity index (χ2v) is 3.87. The quantitative estimate of drug-likeness (QED) is 0.811. The highest BCUT2D eigenvalue weighted by Crippen LogP contribution is 2.25. The average Bonchev–Trinajstić information content (AvgIpc) is 2.23. The maximum absolute atomic E-state index is 13.1. The Balaban J connectivity index is 3.39. The zero-order chi connectivity index (χ0) is 14.1. The van der Waals surface area contributed by atoms with E-state index in [-0.39, 0.29) is 0 Å². The lowest BCUT2D eigenvalue weighted by Crippen LogP contribution is -2.49. The number of carboxylic acids is 1. The third-order valence-corrected chi connectivity index (χ3v) is 2.41. The topological polar surface area (TPSA) is 66.4 Å². The smallest absolute Gasteiger partial charge is 0.333 e. The van der Waals surface area contributed by atoms with Crippen molar-refractivity contribution >= 4 is 11.9 Å². The predicted octanol–water partition coefficient (Wildman–Crippen LogP) is 1.54. The molecule has 1 amide bonds. The van der Waals surface area contributed by atoms with E-state index in [1.807, 2.05) is 0 Å². The van der Waals surface area contributed by atoms with Gasteiger partial charge in [-0.15, -0.1) is 0 Å². The Morgan fingerprint density at radius 3 is 2.00 bits per heavy atom. The number of carboxylic acid groups (broad SMARTS) is 1. The minimum Gasteiger partial charge on any atom is -0.479 e. The first kappa shape index (κ1) is 14.0. The van der Waals surface area contributed by atoms with Gasteiger partial charge < -0.3 is 10.4 Å². The summed E-state index contributed by atoms with van der Waals surface area (Å²) >= 11 is 0. The Morgan fingerprint density at radius 1 is 1.22 bits per heavy atom. The van der Waals surface area contributed by atoms with E-state index in [4.69, 9.17) is 5.11 Å². The Hall–Kier alpha value is -2.05. The van der Waals surface area contributed by atoms with Gasteiger partial charge in [-0.25, -0.2) is 18.0 Å². The Morgan fingerprint density at radius 2 is 1.67 bits per heavy atom. The van der Waals surface area contributed by atoms with Gasteiger partial charge in [0.1, 0.15) is 0 Å². The van der Waals surface area contributed by atoms with Gasteiger partial charge in [0.05, 0.1) is 0 Å². The van der Waals surface area contributed by atoms with E-state index in [0.29, 0.717) is 12.1 Å². The van der Waals surface area contributed by atoms with Crippen molar-refractivity contribution in [3.8, 4) is 0 Å². The molecule has 1 atom stereocenters. The molecule has 0 unspecified atom stereocenters. The van der Waals surface area contributed by atoms with Crippen molar-refractivity contribution in [3.63, 3.8) is 0 Å². The number of benzene rings is 1. The molecule has 1 aromatic carbocycles. The third-order valence-electron chi connectivity index (χ3n) is 2.41. The summed E-state index contributed by atoms with van der Waals surface area (Å²) < 4.78 is 38.9. The van der Waals surface area contributed by atoms with Crippen LogP contribution in [0, 0.1) is 17.5 Å². The van der Waals surface area contributed by atoms with E-state index in [2.05, 4.69) is 5.32 Å². The lowest BCUT2D eigenvalue weighted by molar-refractivity contribution is -0.147. The van der Waals surface area contributed by atoms with Crippen LogP contribution in [0.5, 0.6) is 0 Å². The number of aliphatic carboxylic acids is 1. The molecule has 0 bridgehead atoms. The maximum Gasteiger partial charge on any atom is 0.333 e. The van der Waals surface area contributed by atoms with Gasteiger partial charge in [-0.05, 0) is 24.6 Å². The van der Waals surface area contributed by atoms with E-state index in [0.717, 1.165) is 13.8 Å². The van der Waals surface area contributed by atoms with Crippen LogP contribution in [0.25, 0.3) is 0 Å². The summed E-state index contributed by atoms with van der Waals surface area (Å²) in [6, 6.07) is 1.06. The first-order valence-corrected chi connectivity index (χ1v) is 4.85. The second-order valence-electron chi connectivity index (χ2n) is 3.87. The molecule has 1 rings (SSSR count). The maximum atomic E-state index is 13.1. The zero-order valence-electron chi connectivity index (χ0n) is 9.55. The van der Waals surface area contributed by atoms with Crippen LogP contribution in [0.4, 0.5) is 13.2 Å². The van der Waals surface area contributed by atoms with Gasteiger partial charge in [0, 0.05) is 6.92 Å². The van der Waals surface area contributed by atoms with Crippen LogP contribution < -0.4 is 5.32 Å².